The zero-order valence-electron chi connectivity index (χ0n) is 17.5. The van der Waals surface area contributed by atoms with Crippen molar-refractivity contribution in [2.24, 2.45) is 5.92 Å². The lowest BCUT2D eigenvalue weighted by atomic mass is 9.70. The second-order valence-electron chi connectivity index (χ2n) is 8.44. The first kappa shape index (κ1) is 21.6. The Bertz CT molecular complexity index is 1090. The van der Waals surface area contributed by atoms with Gasteiger partial charge in [0.05, 0.1) is 24.0 Å². The fraction of sp³-hybridized carbons (Fsp3) is 0.435. The van der Waals surface area contributed by atoms with E-state index in [2.05, 4.69) is 16.1 Å². The Morgan fingerprint density at radius 2 is 1.94 bits per heavy atom. The third-order valence-electron chi connectivity index (χ3n) is 6.28. The summed E-state index contributed by atoms with van der Waals surface area (Å²) in [6.07, 6.45) is 3.40. The monoisotopic (exact) mass is 441 g/mol. The fourth-order valence-corrected chi connectivity index (χ4v) is 5.32. The zero-order valence-corrected chi connectivity index (χ0v) is 18.3. The summed E-state index contributed by atoms with van der Waals surface area (Å²) < 4.78 is 32.3. The van der Waals surface area contributed by atoms with E-state index in [1.807, 2.05) is 24.3 Å². The maximum absolute atomic E-state index is 11.6. The molecule has 3 N–H and O–H groups in total. The molecule has 2 aliphatic heterocycles. The molecule has 0 saturated carbocycles. The van der Waals surface area contributed by atoms with E-state index in [1.54, 1.807) is 18.2 Å². The first-order chi connectivity index (χ1) is 14.8. The van der Waals surface area contributed by atoms with Crippen LogP contribution < -0.4 is 14.8 Å². The van der Waals surface area contributed by atoms with Crippen molar-refractivity contribution in [3.05, 3.63) is 59.2 Å². The van der Waals surface area contributed by atoms with Crippen molar-refractivity contribution < 1.29 is 18.3 Å². The van der Waals surface area contributed by atoms with E-state index in [4.69, 9.17) is 10.00 Å². The second kappa shape index (κ2) is 8.50. The van der Waals surface area contributed by atoms with E-state index in [0.29, 0.717) is 22.6 Å². The van der Waals surface area contributed by atoms with Gasteiger partial charge in [-0.3, -0.25) is 4.72 Å². The number of hydrogen-bond acceptors (Lipinski definition) is 6. The van der Waals surface area contributed by atoms with Crippen LogP contribution in [0.3, 0.4) is 0 Å². The Balaban J connectivity index is 1.63. The van der Waals surface area contributed by atoms with E-state index < -0.39 is 21.7 Å². The largest absolute Gasteiger partial charge is 0.486 e. The number of nitrogens with one attached hydrogen (secondary N) is 2. The molecule has 1 fully saturated rings. The summed E-state index contributed by atoms with van der Waals surface area (Å²) >= 11 is 0. The van der Waals surface area contributed by atoms with Crippen molar-refractivity contribution in [3.8, 4) is 11.8 Å². The number of nitrogens with zero attached hydrogens (tertiary/aromatic N) is 1. The van der Waals surface area contributed by atoms with Gasteiger partial charge in [-0.15, -0.1) is 0 Å². The number of hydrogen-bond donors (Lipinski definition) is 3. The third-order valence-corrected chi connectivity index (χ3v) is 6.89. The average molecular weight is 442 g/mol. The van der Waals surface area contributed by atoms with Crippen LogP contribution in [0, 0.1) is 17.2 Å². The van der Waals surface area contributed by atoms with E-state index >= 15 is 0 Å². The maximum Gasteiger partial charge on any atom is 0.229 e. The Hall–Kier alpha value is -2.60. The number of ether oxygens (including phenoxy) is 1. The smallest absolute Gasteiger partial charge is 0.229 e. The van der Waals surface area contributed by atoms with Gasteiger partial charge in [0.25, 0.3) is 0 Å². The van der Waals surface area contributed by atoms with Gasteiger partial charge in [-0.1, -0.05) is 12.1 Å². The average Bonchev–Trinajstić information content (AvgIpc) is 2.74. The Labute approximate surface area is 183 Å². The molecule has 31 heavy (non-hydrogen) atoms. The number of aryl methyl sites for hydroxylation is 1. The molecular formula is C23H27N3O4S. The molecule has 2 heterocycles. The number of aliphatic hydroxyl groups is 1. The minimum Gasteiger partial charge on any atom is -0.486 e. The lowest BCUT2D eigenvalue weighted by molar-refractivity contribution is -0.0951. The highest BCUT2D eigenvalue weighted by molar-refractivity contribution is 7.92. The number of fused-ring (bicyclic) bond motifs is 1. The predicted molar refractivity (Wildman–Crippen MR) is 118 cm³/mol. The van der Waals surface area contributed by atoms with Gasteiger partial charge in [-0.25, -0.2) is 8.42 Å². The van der Waals surface area contributed by atoms with Crippen LogP contribution in [0.4, 0.5) is 5.69 Å². The van der Waals surface area contributed by atoms with Crippen molar-refractivity contribution in [3.63, 3.8) is 0 Å². The van der Waals surface area contributed by atoms with Crippen molar-refractivity contribution in [1.29, 1.82) is 5.26 Å². The minimum atomic E-state index is -3.42. The van der Waals surface area contributed by atoms with Crippen LogP contribution in [-0.2, 0) is 16.4 Å². The predicted octanol–water partition coefficient (Wildman–Crippen LogP) is 2.73. The number of piperidine rings is 1. The van der Waals surface area contributed by atoms with Gasteiger partial charge < -0.3 is 15.2 Å². The van der Waals surface area contributed by atoms with Gasteiger partial charge in [-0.2, -0.15) is 5.26 Å². The molecule has 0 aliphatic carbocycles. The maximum atomic E-state index is 11.6. The fourth-order valence-electron chi connectivity index (χ4n) is 4.76. The van der Waals surface area contributed by atoms with Crippen LogP contribution in [0.5, 0.6) is 5.75 Å². The lowest BCUT2D eigenvalue weighted by Gasteiger charge is -2.49. The number of anilines is 1. The van der Waals surface area contributed by atoms with Gasteiger partial charge in [0, 0.05) is 17.2 Å². The first-order valence-corrected chi connectivity index (χ1v) is 12.4. The molecule has 0 aromatic heterocycles. The number of nitriles is 1. The summed E-state index contributed by atoms with van der Waals surface area (Å²) in [7, 11) is -3.42. The molecule has 0 amide bonds. The molecule has 7 nitrogen and oxygen atoms in total. The van der Waals surface area contributed by atoms with Crippen LogP contribution in [0.2, 0.25) is 0 Å². The van der Waals surface area contributed by atoms with Crippen LogP contribution in [0.25, 0.3) is 0 Å². The quantitative estimate of drug-likeness (QED) is 0.658. The highest BCUT2D eigenvalue weighted by atomic mass is 32.2. The Kier molecular flexibility index (Phi) is 5.93. The summed E-state index contributed by atoms with van der Waals surface area (Å²) in [5.41, 5.74) is 2.29. The van der Waals surface area contributed by atoms with Crippen LogP contribution in [0.1, 0.15) is 42.1 Å². The second-order valence-corrected chi connectivity index (χ2v) is 10.2. The summed E-state index contributed by atoms with van der Waals surface area (Å²) in [6.45, 7) is 1.65. The van der Waals surface area contributed by atoms with Gasteiger partial charge in [-0.05, 0) is 74.7 Å². The first-order valence-electron chi connectivity index (χ1n) is 10.5. The molecule has 1 spiro atoms. The van der Waals surface area contributed by atoms with Gasteiger partial charge in [0.2, 0.25) is 10.0 Å². The molecule has 2 atom stereocenters. The summed E-state index contributed by atoms with van der Waals surface area (Å²) in [6, 6.07) is 14.7. The van der Waals surface area contributed by atoms with Crippen molar-refractivity contribution in [1.82, 2.24) is 5.32 Å². The zero-order chi connectivity index (χ0) is 22.1. The molecule has 2 aromatic carbocycles. The van der Waals surface area contributed by atoms with Gasteiger partial charge in [0.15, 0.2) is 0 Å². The molecule has 2 aliphatic rings. The molecule has 8 heteroatoms. The summed E-state index contributed by atoms with van der Waals surface area (Å²) in [4.78, 5) is 0. The molecule has 1 saturated heterocycles. The topological polar surface area (TPSA) is 111 Å². The van der Waals surface area contributed by atoms with E-state index in [1.165, 1.54) is 0 Å². The Morgan fingerprint density at radius 3 is 2.58 bits per heavy atom. The third kappa shape index (κ3) is 4.69. The Morgan fingerprint density at radius 1 is 1.23 bits per heavy atom. The molecule has 1 unspecified atom stereocenters. The SMILES string of the molecule is CS(=O)(=O)Nc1ccc2c(c1)[C@H](O)C(CCc1ccc(C#N)cc1)C1(CCNCC1)O2. The number of sulfonamides is 1. The van der Waals surface area contributed by atoms with Crippen LogP contribution >= 0.6 is 0 Å². The minimum absolute atomic E-state index is 0.133. The van der Waals surface area contributed by atoms with Gasteiger partial charge >= 0.3 is 0 Å². The van der Waals surface area contributed by atoms with Crippen LogP contribution in [-0.4, -0.2) is 38.5 Å². The van der Waals surface area contributed by atoms with Crippen molar-refractivity contribution in [2.75, 3.05) is 24.1 Å². The number of aliphatic hydroxyl groups excluding tert-OH is 1. The summed E-state index contributed by atoms with van der Waals surface area (Å²) in [5, 5.41) is 23.8. The molecule has 0 radical (unpaired) electrons. The highest BCUT2D eigenvalue weighted by Crippen LogP contribution is 2.49. The van der Waals surface area contributed by atoms with Crippen molar-refractivity contribution >= 4 is 15.7 Å². The highest BCUT2D eigenvalue weighted by Gasteiger charge is 2.49. The van der Waals surface area contributed by atoms with Crippen molar-refractivity contribution in [2.45, 2.75) is 37.4 Å². The molecule has 2 aromatic rings. The van der Waals surface area contributed by atoms with Crippen LogP contribution in [0.15, 0.2) is 42.5 Å². The molecule has 164 valence electrons. The van der Waals surface area contributed by atoms with E-state index in [-0.39, 0.29) is 5.92 Å². The number of rotatable bonds is 5. The van der Waals surface area contributed by atoms with E-state index in [9.17, 15) is 13.5 Å². The molecular weight excluding hydrogens is 414 g/mol. The summed E-state index contributed by atoms with van der Waals surface area (Å²) in [5.74, 6) is 0.481. The molecule has 0 bridgehead atoms. The lowest BCUT2D eigenvalue weighted by Crippen LogP contribution is -2.55. The van der Waals surface area contributed by atoms with Gasteiger partial charge in [0.1, 0.15) is 11.4 Å². The number of benzene rings is 2. The normalized spacial score (nSPS) is 22.2. The van der Waals surface area contributed by atoms with E-state index in [0.717, 1.165) is 50.6 Å². The standard InChI is InChI=1S/C23H27N3O4S/c1-31(28,29)26-18-7-9-21-19(14-18)22(27)20(23(30-21)10-12-25-13-11-23)8-6-16-2-4-17(15-24)5-3-16/h2-5,7,9,14,20,22,25-27H,6,8,10-13H2,1H3/t20?,22-/m0/s1. The molecule has 4 rings (SSSR count).